The van der Waals surface area contributed by atoms with E-state index in [4.69, 9.17) is 17.3 Å². The van der Waals surface area contributed by atoms with Crippen molar-refractivity contribution in [3.05, 3.63) is 64.3 Å². The van der Waals surface area contributed by atoms with E-state index in [1.165, 1.54) is 6.07 Å². The molecule has 0 spiro atoms. The Balaban J connectivity index is 2.32. The number of aromatic hydroxyl groups is 2. The Morgan fingerprint density at radius 1 is 1.28 bits per heavy atom. The third-order valence-electron chi connectivity index (χ3n) is 3.78. The molecular formula is C19H22ClN3O2. The van der Waals surface area contributed by atoms with Gasteiger partial charge < -0.3 is 15.9 Å². The number of hydrogen-bond acceptors (Lipinski definition) is 5. The molecule has 0 saturated carbocycles. The quantitative estimate of drug-likeness (QED) is 0.532. The van der Waals surface area contributed by atoms with E-state index in [0.717, 1.165) is 5.56 Å². The Hall–Kier alpha value is -2.66. The summed E-state index contributed by atoms with van der Waals surface area (Å²) in [6, 6.07) is 10.4. The van der Waals surface area contributed by atoms with Crippen LogP contribution in [0.4, 0.5) is 0 Å². The van der Waals surface area contributed by atoms with Crippen molar-refractivity contribution < 1.29 is 10.2 Å². The van der Waals surface area contributed by atoms with E-state index in [1.54, 1.807) is 23.3 Å². The van der Waals surface area contributed by atoms with Gasteiger partial charge in [0.15, 0.2) is 0 Å². The first-order valence-electron chi connectivity index (χ1n) is 7.83. The number of phenols is 2. The van der Waals surface area contributed by atoms with Gasteiger partial charge >= 0.3 is 0 Å². The van der Waals surface area contributed by atoms with Crippen LogP contribution in [0, 0.1) is 0 Å². The van der Waals surface area contributed by atoms with Gasteiger partial charge in [-0.1, -0.05) is 37.6 Å². The molecule has 2 aromatic rings. The Morgan fingerprint density at radius 3 is 2.60 bits per heavy atom. The molecule has 0 saturated heterocycles. The van der Waals surface area contributed by atoms with Crippen LogP contribution in [-0.4, -0.2) is 21.9 Å². The monoisotopic (exact) mass is 359 g/mol. The smallest absolute Gasteiger partial charge is 0.128 e. The Kier molecular flexibility index (Phi) is 5.93. The molecule has 0 aliphatic heterocycles. The maximum absolute atomic E-state index is 10.1. The largest absolute Gasteiger partial charge is 0.508 e. The van der Waals surface area contributed by atoms with Crippen LogP contribution in [0.1, 0.15) is 36.5 Å². The van der Waals surface area contributed by atoms with Gasteiger partial charge in [0.2, 0.25) is 0 Å². The maximum atomic E-state index is 10.1. The summed E-state index contributed by atoms with van der Waals surface area (Å²) in [4.78, 5) is 0. The number of benzene rings is 2. The molecule has 0 fully saturated rings. The molecule has 5 nitrogen and oxygen atoms in total. The molecule has 0 aliphatic rings. The molecule has 0 amide bonds. The Morgan fingerprint density at radius 2 is 2.00 bits per heavy atom. The van der Waals surface area contributed by atoms with Crippen LogP contribution >= 0.6 is 11.6 Å². The topological polar surface area (TPSA) is 82.1 Å². The molecule has 132 valence electrons. The van der Waals surface area contributed by atoms with Crippen molar-refractivity contribution in [1.29, 1.82) is 0 Å². The number of halogens is 1. The molecule has 0 heterocycles. The van der Waals surface area contributed by atoms with Crippen molar-refractivity contribution in [3.63, 3.8) is 0 Å². The van der Waals surface area contributed by atoms with Crippen molar-refractivity contribution >= 4 is 24.0 Å². The zero-order valence-electron chi connectivity index (χ0n) is 14.3. The summed E-state index contributed by atoms with van der Waals surface area (Å²) in [6.07, 6.45) is 1.59. The second-order valence-electron chi connectivity index (χ2n) is 6.04. The fraction of sp³-hybridized carbons (Fsp3) is 0.211. The molecule has 4 N–H and O–H groups in total. The number of hydrogen-bond donors (Lipinski definition) is 3. The highest BCUT2D eigenvalue weighted by Gasteiger charge is 2.14. The highest BCUT2D eigenvalue weighted by Crippen LogP contribution is 2.34. The predicted molar refractivity (Wildman–Crippen MR) is 103 cm³/mol. The maximum Gasteiger partial charge on any atom is 0.128 e. The van der Waals surface area contributed by atoms with E-state index in [1.807, 2.05) is 32.0 Å². The summed E-state index contributed by atoms with van der Waals surface area (Å²) >= 11 is 5.99. The first kappa shape index (κ1) is 18.7. The van der Waals surface area contributed by atoms with Gasteiger partial charge in [0.05, 0.1) is 12.2 Å². The van der Waals surface area contributed by atoms with Gasteiger partial charge in [-0.3, -0.25) is 5.01 Å². The average Bonchev–Trinajstić information content (AvgIpc) is 2.53. The van der Waals surface area contributed by atoms with E-state index >= 15 is 0 Å². The van der Waals surface area contributed by atoms with Gasteiger partial charge in [-0.25, -0.2) is 0 Å². The zero-order valence-corrected chi connectivity index (χ0v) is 15.0. The van der Waals surface area contributed by atoms with E-state index in [-0.39, 0.29) is 17.4 Å². The molecule has 2 rings (SSSR count). The fourth-order valence-electron chi connectivity index (χ4n) is 2.48. The van der Waals surface area contributed by atoms with Gasteiger partial charge in [-0.2, -0.15) is 5.10 Å². The molecule has 2 aromatic carbocycles. The minimum Gasteiger partial charge on any atom is -0.508 e. The van der Waals surface area contributed by atoms with Crippen LogP contribution in [0.2, 0.25) is 5.02 Å². The third kappa shape index (κ3) is 4.67. The van der Waals surface area contributed by atoms with Crippen molar-refractivity contribution in [2.45, 2.75) is 26.3 Å². The number of nitrogens with zero attached hydrogens (tertiary/aromatic N) is 2. The van der Waals surface area contributed by atoms with Crippen LogP contribution in [0.25, 0.3) is 5.70 Å². The lowest BCUT2D eigenvalue weighted by atomic mass is 9.98. The van der Waals surface area contributed by atoms with Gasteiger partial charge in [0.1, 0.15) is 11.5 Å². The first-order chi connectivity index (χ1) is 11.8. The second-order valence-corrected chi connectivity index (χ2v) is 6.47. The van der Waals surface area contributed by atoms with Crippen molar-refractivity contribution in [2.75, 3.05) is 0 Å². The van der Waals surface area contributed by atoms with Crippen LogP contribution in [-0.2, 0) is 6.54 Å². The molecular weight excluding hydrogens is 338 g/mol. The van der Waals surface area contributed by atoms with E-state index in [2.05, 4.69) is 11.8 Å². The van der Waals surface area contributed by atoms with Crippen LogP contribution in [0.3, 0.4) is 0 Å². The molecule has 0 unspecified atom stereocenters. The number of rotatable bonds is 6. The predicted octanol–water partition coefficient (Wildman–Crippen LogP) is 4.25. The Labute approximate surface area is 152 Å². The Bertz CT molecular complexity index is 803. The summed E-state index contributed by atoms with van der Waals surface area (Å²) in [5.41, 5.74) is 8.54. The second kappa shape index (κ2) is 7.94. The minimum atomic E-state index is -0.0950. The fourth-order valence-corrected chi connectivity index (χ4v) is 2.69. The minimum absolute atomic E-state index is 0.0432. The third-order valence-corrected chi connectivity index (χ3v) is 4.02. The summed E-state index contributed by atoms with van der Waals surface area (Å²) in [6.45, 7) is 7.88. The highest BCUT2D eigenvalue weighted by molar-refractivity contribution is 6.30. The van der Waals surface area contributed by atoms with Gasteiger partial charge in [0.25, 0.3) is 0 Å². The molecule has 0 aliphatic carbocycles. The zero-order chi connectivity index (χ0) is 18.6. The standard InChI is InChI=1S/C19H22ClN3O2/c1-12(2)15-8-16(19(25)9-18(15)24)17(21)11-23(22-3)10-13-5-4-6-14(20)7-13/h4-9,11-12,24-25H,3,10,21H2,1-2H3/b17-11-. The summed E-state index contributed by atoms with van der Waals surface area (Å²) < 4.78 is 0. The lowest BCUT2D eigenvalue weighted by Crippen LogP contribution is -2.12. The van der Waals surface area contributed by atoms with E-state index in [0.29, 0.717) is 28.4 Å². The van der Waals surface area contributed by atoms with Crippen molar-refractivity contribution in [3.8, 4) is 11.5 Å². The average molecular weight is 360 g/mol. The SMILES string of the molecule is C=NN(/C=C(\N)c1cc(C(C)C)c(O)cc1O)Cc1cccc(Cl)c1. The van der Waals surface area contributed by atoms with Crippen molar-refractivity contribution in [2.24, 2.45) is 10.8 Å². The van der Waals surface area contributed by atoms with Gasteiger partial charge in [0, 0.05) is 29.6 Å². The molecule has 0 atom stereocenters. The van der Waals surface area contributed by atoms with E-state index in [9.17, 15) is 10.2 Å². The summed E-state index contributed by atoms with van der Waals surface area (Å²) in [5, 5.41) is 26.2. The molecule has 0 aromatic heterocycles. The number of phenolic OH excluding ortho intramolecular Hbond substituents is 2. The lowest BCUT2D eigenvalue weighted by molar-refractivity contribution is 0.396. The molecule has 6 heteroatoms. The van der Waals surface area contributed by atoms with Gasteiger partial charge in [-0.15, -0.1) is 0 Å². The highest BCUT2D eigenvalue weighted by atomic mass is 35.5. The molecule has 0 bridgehead atoms. The van der Waals surface area contributed by atoms with Gasteiger partial charge in [-0.05, 0) is 35.2 Å². The van der Waals surface area contributed by atoms with Crippen LogP contribution < -0.4 is 5.73 Å². The summed E-state index contributed by atoms with van der Waals surface area (Å²) in [7, 11) is 0. The van der Waals surface area contributed by atoms with E-state index < -0.39 is 0 Å². The van der Waals surface area contributed by atoms with Crippen LogP contribution in [0.15, 0.2) is 47.7 Å². The normalized spacial score (nSPS) is 11.6. The lowest BCUT2D eigenvalue weighted by Gasteiger charge is -2.17. The number of nitrogens with two attached hydrogens (primary N) is 1. The van der Waals surface area contributed by atoms with Crippen molar-refractivity contribution in [1.82, 2.24) is 5.01 Å². The van der Waals surface area contributed by atoms with Crippen LogP contribution in [0.5, 0.6) is 11.5 Å². The summed E-state index contributed by atoms with van der Waals surface area (Å²) in [5.74, 6) is 0.0383. The number of hydrazone groups is 1. The first-order valence-corrected chi connectivity index (χ1v) is 8.21. The molecule has 25 heavy (non-hydrogen) atoms. The molecule has 0 radical (unpaired) electrons.